The summed E-state index contributed by atoms with van der Waals surface area (Å²) in [6.07, 6.45) is -3.55. The van der Waals surface area contributed by atoms with E-state index in [1.807, 2.05) is 27.7 Å². The van der Waals surface area contributed by atoms with Crippen molar-refractivity contribution in [3.8, 4) is 0 Å². The Bertz CT molecular complexity index is 287. The Hall–Kier alpha value is -0.290. The van der Waals surface area contributed by atoms with E-state index in [4.69, 9.17) is 9.47 Å². The van der Waals surface area contributed by atoms with Gasteiger partial charge in [0.2, 0.25) is 0 Å². The highest BCUT2D eigenvalue weighted by Gasteiger charge is 2.34. The van der Waals surface area contributed by atoms with Gasteiger partial charge < -0.3 is 9.47 Å². The monoisotopic (exact) mass is 298 g/mol. The van der Waals surface area contributed by atoms with Gasteiger partial charge in [0.15, 0.2) is 0 Å². The van der Waals surface area contributed by atoms with Crippen LogP contribution in [-0.2, 0) is 9.47 Å². The molecule has 2 nitrogen and oxygen atoms in total. The number of hydrogen-bond acceptors (Lipinski definition) is 2. The van der Waals surface area contributed by atoms with Gasteiger partial charge in [0.25, 0.3) is 0 Å². The molecule has 0 aromatic rings. The van der Waals surface area contributed by atoms with E-state index in [-0.39, 0.29) is 17.6 Å². The second-order valence-electron chi connectivity index (χ2n) is 8.06. The summed E-state index contributed by atoms with van der Waals surface area (Å²) in [7, 11) is 0. The van der Waals surface area contributed by atoms with Crippen molar-refractivity contribution in [2.24, 2.45) is 10.8 Å². The Kier molecular flexibility index (Phi) is 6.55. The minimum Gasteiger partial charge on any atom is -0.375 e. The van der Waals surface area contributed by atoms with Crippen LogP contribution in [0.4, 0.5) is 13.2 Å². The molecule has 0 heterocycles. The number of hydrogen-bond donors (Lipinski definition) is 0. The molecule has 0 saturated heterocycles. The van der Waals surface area contributed by atoms with Gasteiger partial charge in [-0.1, -0.05) is 27.7 Å². The molecular formula is C15H29F3O2. The van der Waals surface area contributed by atoms with Crippen LogP contribution in [0.1, 0.15) is 54.9 Å². The number of ether oxygens (including phenoxy) is 2. The highest BCUT2D eigenvalue weighted by molar-refractivity contribution is 4.81. The van der Waals surface area contributed by atoms with Gasteiger partial charge in [0.05, 0.1) is 18.8 Å². The lowest BCUT2D eigenvalue weighted by Gasteiger charge is -2.37. The molecule has 0 amide bonds. The summed E-state index contributed by atoms with van der Waals surface area (Å²) in [6, 6.07) is 0. The Morgan fingerprint density at radius 3 is 1.60 bits per heavy atom. The van der Waals surface area contributed by atoms with Crippen molar-refractivity contribution in [1.82, 2.24) is 0 Å². The van der Waals surface area contributed by atoms with E-state index in [1.54, 1.807) is 0 Å². The first-order valence-electron chi connectivity index (χ1n) is 6.90. The fraction of sp³-hybridized carbons (Fsp3) is 1.00. The normalized spacial score (nSPS) is 17.1. The van der Waals surface area contributed by atoms with Crippen molar-refractivity contribution in [2.45, 2.75) is 66.7 Å². The summed E-state index contributed by atoms with van der Waals surface area (Å²) in [5, 5.41) is 0. The first-order chi connectivity index (χ1) is 8.62. The fourth-order valence-electron chi connectivity index (χ4n) is 2.23. The molecule has 0 aromatic carbocycles. The highest BCUT2D eigenvalue weighted by Crippen LogP contribution is 2.35. The maximum atomic E-state index is 12.2. The van der Waals surface area contributed by atoms with Crippen LogP contribution in [0.15, 0.2) is 0 Å². The molecule has 0 aliphatic rings. The van der Waals surface area contributed by atoms with Gasteiger partial charge in [-0.2, -0.15) is 13.2 Å². The van der Waals surface area contributed by atoms with E-state index >= 15 is 0 Å². The SMILES string of the molecule is CC(C)(C)CC(C)(COCC(F)(F)F)COC(C)(C)C. The molecule has 0 spiro atoms. The molecule has 0 aliphatic carbocycles. The molecule has 0 bridgehead atoms. The summed E-state index contributed by atoms with van der Waals surface area (Å²) in [4.78, 5) is 0. The summed E-state index contributed by atoms with van der Waals surface area (Å²) >= 11 is 0. The highest BCUT2D eigenvalue weighted by atomic mass is 19.4. The zero-order chi connectivity index (χ0) is 16.2. The van der Waals surface area contributed by atoms with Crippen LogP contribution in [0.5, 0.6) is 0 Å². The molecular weight excluding hydrogens is 269 g/mol. The second-order valence-corrected chi connectivity index (χ2v) is 8.06. The fourth-order valence-corrected chi connectivity index (χ4v) is 2.23. The summed E-state index contributed by atoms with van der Waals surface area (Å²) < 4.78 is 47.2. The van der Waals surface area contributed by atoms with Crippen molar-refractivity contribution < 1.29 is 22.6 Å². The third-order valence-electron chi connectivity index (χ3n) is 2.53. The summed E-state index contributed by atoms with van der Waals surface area (Å²) in [5.74, 6) is 0. The van der Waals surface area contributed by atoms with E-state index < -0.39 is 18.2 Å². The van der Waals surface area contributed by atoms with Crippen molar-refractivity contribution >= 4 is 0 Å². The van der Waals surface area contributed by atoms with Crippen LogP contribution in [-0.4, -0.2) is 31.6 Å². The zero-order valence-corrected chi connectivity index (χ0v) is 13.8. The van der Waals surface area contributed by atoms with Crippen molar-refractivity contribution in [2.75, 3.05) is 19.8 Å². The molecule has 0 aliphatic heterocycles. The predicted molar refractivity (Wildman–Crippen MR) is 74.8 cm³/mol. The first kappa shape index (κ1) is 19.7. The molecule has 122 valence electrons. The standard InChI is InChI=1S/C15H29F3O2/c1-12(2,3)8-14(7,10-20-13(4,5)6)9-19-11-15(16,17)18/h8-11H2,1-7H3. The molecule has 1 unspecified atom stereocenters. The number of rotatable bonds is 6. The maximum absolute atomic E-state index is 12.2. The third-order valence-corrected chi connectivity index (χ3v) is 2.53. The van der Waals surface area contributed by atoms with E-state index in [0.717, 1.165) is 6.42 Å². The van der Waals surface area contributed by atoms with Crippen LogP contribution < -0.4 is 0 Å². The quantitative estimate of drug-likeness (QED) is 0.699. The lowest BCUT2D eigenvalue weighted by molar-refractivity contribution is -0.186. The van der Waals surface area contributed by atoms with Gasteiger partial charge >= 0.3 is 6.18 Å². The molecule has 0 aromatic heterocycles. The van der Waals surface area contributed by atoms with Crippen LogP contribution in [0.25, 0.3) is 0 Å². The largest absolute Gasteiger partial charge is 0.411 e. The average molecular weight is 298 g/mol. The smallest absolute Gasteiger partial charge is 0.375 e. The molecule has 0 fully saturated rings. The Labute approximate surface area is 121 Å². The van der Waals surface area contributed by atoms with Gasteiger partial charge in [-0.3, -0.25) is 0 Å². The van der Waals surface area contributed by atoms with Crippen molar-refractivity contribution in [3.63, 3.8) is 0 Å². The Balaban J connectivity index is 4.62. The molecule has 0 rings (SSSR count). The lowest BCUT2D eigenvalue weighted by Crippen LogP contribution is -2.37. The summed E-state index contributed by atoms with van der Waals surface area (Å²) in [5.41, 5.74) is -0.752. The van der Waals surface area contributed by atoms with Crippen molar-refractivity contribution in [1.29, 1.82) is 0 Å². The Morgan fingerprint density at radius 1 is 0.750 bits per heavy atom. The lowest BCUT2D eigenvalue weighted by atomic mass is 9.76. The topological polar surface area (TPSA) is 18.5 Å². The molecule has 0 radical (unpaired) electrons. The van der Waals surface area contributed by atoms with Gasteiger partial charge in [0, 0.05) is 5.41 Å². The van der Waals surface area contributed by atoms with Gasteiger partial charge in [-0.05, 0) is 32.6 Å². The van der Waals surface area contributed by atoms with E-state index in [2.05, 4.69) is 20.8 Å². The molecule has 1 atom stereocenters. The predicted octanol–water partition coefficient (Wildman–Crippen LogP) is 4.82. The van der Waals surface area contributed by atoms with Gasteiger partial charge in [-0.15, -0.1) is 0 Å². The summed E-state index contributed by atoms with van der Waals surface area (Å²) in [6.45, 7) is 13.1. The third kappa shape index (κ3) is 11.5. The number of halogens is 3. The molecule has 5 heteroatoms. The van der Waals surface area contributed by atoms with Gasteiger partial charge in [-0.25, -0.2) is 0 Å². The van der Waals surface area contributed by atoms with Crippen molar-refractivity contribution in [3.05, 3.63) is 0 Å². The second kappa shape index (κ2) is 6.65. The van der Waals surface area contributed by atoms with Gasteiger partial charge in [0.1, 0.15) is 6.61 Å². The van der Waals surface area contributed by atoms with E-state index in [9.17, 15) is 13.2 Å². The van der Waals surface area contributed by atoms with Crippen LogP contribution in [0.3, 0.4) is 0 Å². The minimum atomic E-state index is -4.28. The molecule has 0 N–H and O–H groups in total. The average Bonchev–Trinajstić information content (AvgIpc) is 2.08. The Morgan fingerprint density at radius 2 is 1.25 bits per heavy atom. The molecule has 20 heavy (non-hydrogen) atoms. The first-order valence-corrected chi connectivity index (χ1v) is 6.90. The van der Waals surface area contributed by atoms with Crippen LogP contribution in [0, 0.1) is 10.8 Å². The maximum Gasteiger partial charge on any atom is 0.411 e. The molecule has 0 saturated carbocycles. The zero-order valence-electron chi connectivity index (χ0n) is 13.8. The van der Waals surface area contributed by atoms with E-state index in [1.165, 1.54) is 0 Å². The van der Waals surface area contributed by atoms with E-state index in [0.29, 0.717) is 6.61 Å². The number of alkyl halides is 3. The van der Waals surface area contributed by atoms with Crippen LogP contribution >= 0.6 is 0 Å². The van der Waals surface area contributed by atoms with Crippen LogP contribution in [0.2, 0.25) is 0 Å². The minimum absolute atomic E-state index is 0.00239.